The Kier molecular flexibility index (Phi) is 3.29. The van der Waals surface area contributed by atoms with E-state index in [-0.39, 0.29) is 11.3 Å². The molecule has 1 heterocycles. The van der Waals surface area contributed by atoms with Crippen LogP contribution in [0.5, 0.6) is 5.75 Å². The van der Waals surface area contributed by atoms with Crippen molar-refractivity contribution >= 4 is 5.91 Å². The van der Waals surface area contributed by atoms with Crippen molar-refractivity contribution in [2.75, 3.05) is 0 Å². The second kappa shape index (κ2) is 4.89. The fraction of sp³-hybridized carbons (Fsp3) is 0.167. The number of phenols is 1. The average Bonchev–Trinajstić information content (AvgIpc) is 2.81. The van der Waals surface area contributed by atoms with Gasteiger partial charge in [0.05, 0.1) is 24.5 Å². The minimum absolute atomic E-state index is 0.00261. The summed E-state index contributed by atoms with van der Waals surface area (Å²) >= 11 is 0. The Bertz CT molecular complexity index is 552. The van der Waals surface area contributed by atoms with Crippen LogP contribution in [0.4, 0.5) is 0 Å². The summed E-state index contributed by atoms with van der Waals surface area (Å²) in [6.45, 7) is 0.309. The summed E-state index contributed by atoms with van der Waals surface area (Å²) in [5.74, 6) is -0.926. The summed E-state index contributed by atoms with van der Waals surface area (Å²) in [6.07, 6.45) is 4.10. The maximum absolute atomic E-state index is 11.1. The molecule has 2 rings (SSSR count). The Morgan fingerprint density at radius 3 is 2.89 bits per heavy atom. The molecule has 0 aliphatic rings. The Hall–Kier alpha value is -2.34. The van der Waals surface area contributed by atoms with Crippen LogP contribution in [-0.4, -0.2) is 25.7 Å². The maximum Gasteiger partial charge on any atom is 0.252 e. The molecule has 0 aliphatic carbocycles. The lowest BCUT2D eigenvalue weighted by molar-refractivity contribution is 0.0997. The van der Waals surface area contributed by atoms with Crippen LogP contribution in [0.25, 0.3) is 0 Å². The summed E-state index contributed by atoms with van der Waals surface area (Å²) in [5.41, 5.74) is 5.63. The Labute approximate surface area is 103 Å². The molecule has 6 heteroatoms. The fourth-order valence-corrected chi connectivity index (χ4v) is 1.66. The zero-order valence-electron chi connectivity index (χ0n) is 9.52. The molecular weight excluding hydrogens is 234 g/mol. The van der Waals surface area contributed by atoms with Gasteiger partial charge in [-0.3, -0.25) is 4.79 Å². The van der Waals surface area contributed by atoms with Crippen LogP contribution in [0.15, 0.2) is 36.9 Å². The maximum atomic E-state index is 11.1. The Morgan fingerprint density at radius 2 is 2.28 bits per heavy atom. The molecule has 0 aliphatic heterocycles. The number of primary amides is 1. The standard InChI is InChI=1S/C12H13N3O3/c13-12(18)9-5-8(1-2-10(9)16)11(17)6-15-4-3-14-7-15/h1-5,7,11,16-17H,6H2,(H2,13,18). The molecule has 1 aromatic carbocycles. The average molecular weight is 247 g/mol. The molecule has 0 saturated heterocycles. The van der Waals surface area contributed by atoms with Gasteiger partial charge in [-0.05, 0) is 17.7 Å². The minimum atomic E-state index is -0.808. The molecule has 0 spiro atoms. The van der Waals surface area contributed by atoms with Crippen LogP contribution in [0.1, 0.15) is 22.0 Å². The largest absolute Gasteiger partial charge is 0.507 e. The Morgan fingerprint density at radius 1 is 1.50 bits per heavy atom. The molecule has 18 heavy (non-hydrogen) atoms. The van der Waals surface area contributed by atoms with E-state index in [9.17, 15) is 15.0 Å². The van der Waals surface area contributed by atoms with E-state index in [1.165, 1.54) is 12.1 Å². The molecule has 1 amide bonds. The molecular formula is C12H13N3O3. The number of benzene rings is 1. The smallest absolute Gasteiger partial charge is 0.252 e. The van der Waals surface area contributed by atoms with Gasteiger partial charge in [0.2, 0.25) is 0 Å². The molecule has 2 aromatic rings. The van der Waals surface area contributed by atoms with Crippen molar-refractivity contribution in [3.8, 4) is 5.75 Å². The van der Waals surface area contributed by atoms with Crippen molar-refractivity contribution in [1.82, 2.24) is 9.55 Å². The summed E-state index contributed by atoms with van der Waals surface area (Å²) in [7, 11) is 0. The molecule has 1 unspecified atom stereocenters. The van der Waals surface area contributed by atoms with Gasteiger partial charge in [-0.2, -0.15) is 0 Å². The summed E-state index contributed by atoms with van der Waals surface area (Å²) in [4.78, 5) is 14.9. The van der Waals surface area contributed by atoms with Gasteiger partial charge in [-0.1, -0.05) is 6.07 Å². The summed E-state index contributed by atoms with van der Waals surface area (Å²) < 4.78 is 1.71. The predicted octanol–water partition coefficient (Wildman–Crippen LogP) is 0.421. The first kappa shape index (κ1) is 12.1. The van der Waals surface area contributed by atoms with E-state index in [1.54, 1.807) is 29.4 Å². The van der Waals surface area contributed by atoms with Gasteiger partial charge in [0, 0.05) is 12.4 Å². The van der Waals surface area contributed by atoms with Gasteiger partial charge in [0.1, 0.15) is 5.75 Å². The van der Waals surface area contributed by atoms with Gasteiger partial charge in [-0.15, -0.1) is 0 Å². The zero-order valence-corrected chi connectivity index (χ0v) is 9.52. The first-order valence-electron chi connectivity index (χ1n) is 5.34. The van der Waals surface area contributed by atoms with Crippen LogP contribution in [0, 0.1) is 0 Å². The second-order valence-corrected chi connectivity index (χ2v) is 3.92. The molecule has 0 radical (unpaired) electrons. The van der Waals surface area contributed by atoms with Crippen LogP contribution in [0.2, 0.25) is 0 Å². The lowest BCUT2D eigenvalue weighted by Crippen LogP contribution is -2.13. The van der Waals surface area contributed by atoms with Crippen molar-refractivity contribution in [3.05, 3.63) is 48.0 Å². The first-order valence-corrected chi connectivity index (χ1v) is 5.34. The van der Waals surface area contributed by atoms with Crippen molar-refractivity contribution in [1.29, 1.82) is 0 Å². The van der Waals surface area contributed by atoms with E-state index in [4.69, 9.17) is 5.73 Å². The number of aromatic nitrogens is 2. The lowest BCUT2D eigenvalue weighted by atomic mass is 10.0. The van der Waals surface area contributed by atoms with Crippen LogP contribution < -0.4 is 5.73 Å². The lowest BCUT2D eigenvalue weighted by Gasteiger charge is -2.13. The van der Waals surface area contributed by atoms with E-state index in [2.05, 4.69) is 4.98 Å². The van der Waals surface area contributed by atoms with Gasteiger partial charge in [-0.25, -0.2) is 4.98 Å². The number of carbonyl (C=O) groups is 1. The number of hydrogen-bond acceptors (Lipinski definition) is 4. The number of imidazole rings is 1. The van der Waals surface area contributed by atoms with Gasteiger partial charge in [0.15, 0.2) is 0 Å². The summed E-state index contributed by atoms with van der Waals surface area (Å²) in [5, 5.41) is 19.5. The normalized spacial score (nSPS) is 12.3. The molecule has 94 valence electrons. The number of amides is 1. The van der Waals surface area contributed by atoms with E-state index in [1.807, 2.05) is 0 Å². The van der Waals surface area contributed by atoms with Crippen LogP contribution in [-0.2, 0) is 6.54 Å². The second-order valence-electron chi connectivity index (χ2n) is 3.92. The van der Waals surface area contributed by atoms with E-state index < -0.39 is 12.0 Å². The third-order valence-corrected chi connectivity index (χ3v) is 2.61. The highest BCUT2D eigenvalue weighted by atomic mass is 16.3. The number of carbonyl (C=O) groups excluding carboxylic acids is 1. The molecule has 6 nitrogen and oxygen atoms in total. The minimum Gasteiger partial charge on any atom is -0.507 e. The molecule has 0 fully saturated rings. The molecule has 1 atom stereocenters. The monoisotopic (exact) mass is 247 g/mol. The van der Waals surface area contributed by atoms with Crippen molar-refractivity contribution in [2.45, 2.75) is 12.6 Å². The van der Waals surface area contributed by atoms with Gasteiger partial charge < -0.3 is 20.5 Å². The SMILES string of the molecule is NC(=O)c1cc(C(O)Cn2ccnc2)ccc1O. The van der Waals surface area contributed by atoms with E-state index in [0.29, 0.717) is 12.1 Å². The van der Waals surface area contributed by atoms with E-state index >= 15 is 0 Å². The quantitative estimate of drug-likeness (QED) is 0.728. The highest BCUT2D eigenvalue weighted by molar-refractivity contribution is 5.95. The molecule has 0 bridgehead atoms. The first-order chi connectivity index (χ1) is 8.58. The van der Waals surface area contributed by atoms with Gasteiger partial charge >= 0.3 is 0 Å². The number of aromatic hydroxyl groups is 1. The zero-order chi connectivity index (χ0) is 13.1. The van der Waals surface area contributed by atoms with Crippen molar-refractivity contribution in [2.24, 2.45) is 5.73 Å². The number of aliphatic hydroxyl groups is 1. The molecule has 1 aromatic heterocycles. The van der Waals surface area contributed by atoms with Crippen molar-refractivity contribution in [3.63, 3.8) is 0 Å². The molecule has 4 N–H and O–H groups in total. The fourth-order valence-electron chi connectivity index (χ4n) is 1.66. The number of hydrogen-bond donors (Lipinski definition) is 3. The number of nitrogens with two attached hydrogens (primary N) is 1. The van der Waals surface area contributed by atoms with Gasteiger partial charge in [0.25, 0.3) is 5.91 Å². The summed E-state index contributed by atoms with van der Waals surface area (Å²) in [6, 6.07) is 4.27. The Balaban J connectivity index is 2.22. The number of aliphatic hydroxyl groups excluding tert-OH is 1. The van der Waals surface area contributed by atoms with Crippen molar-refractivity contribution < 1.29 is 15.0 Å². The molecule has 0 saturated carbocycles. The topological polar surface area (TPSA) is 101 Å². The number of nitrogens with zero attached hydrogens (tertiary/aromatic N) is 2. The third kappa shape index (κ3) is 2.49. The third-order valence-electron chi connectivity index (χ3n) is 2.61. The van der Waals surface area contributed by atoms with Crippen LogP contribution >= 0.6 is 0 Å². The highest BCUT2D eigenvalue weighted by Crippen LogP contribution is 2.23. The van der Waals surface area contributed by atoms with Crippen LogP contribution in [0.3, 0.4) is 0 Å². The predicted molar refractivity (Wildman–Crippen MR) is 63.8 cm³/mol. The van der Waals surface area contributed by atoms with E-state index in [0.717, 1.165) is 0 Å². The highest BCUT2D eigenvalue weighted by Gasteiger charge is 2.13. The number of rotatable bonds is 4.